The molecule has 2 saturated carbocycles. The Kier molecular flexibility index (Phi) is 7.80. The van der Waals surface area contributed by atoms with E-state index in [-0.39, 0.29) is 17.9 Å². The van der Waals surface area contributed by atoms with Crippen LogP contribution in [-0.4, -0.2) is 68.5 Å². The van der Waals surface area contributed by atoms with Gasteiger partial charge >= 0.3 is 0 Å². The molecule has 8 heteroatoms. The molecule has 0 radical (unpaired) electrons. The van der Waals surface area contributed by atoms with Crippen molar-refractivity contribution in [3.8, 4) is 17.3 Å². The van der Waals surface area contributed by atoms with E-state index >= 15 is 0 Å². The maximum atomic E-state index is 14.0. The second-order valence-corrected chi connectivity index (χ2v) is 15.0. The van der Waals surface area contributed by atoms with E-state index in [2.05, 4.69) is 64.1 Å². The van der Waals surface area contributed by atoms with Gasteiger partial charge in [-0.2, -0.15) is 0 Å². The highest BCUT2D eigenvalue weighted by atomic mass is 16.5. The quantitative estimate of drug-likeness (QED) is 0.203. The summed E-state index contributed by atoms with van der Waals surface area (Å²) in [6.45, 7) is 8.04. The standard InChI is InChI=1S/C39H49N5O3/c1-5-30-14-11-24(2)22-43(30)39(46)29-19-32-36(34(21-29)47-4)41(3)37(40-32)33-20-26-9-8-10-31(35(26)44(33)23-25-12-13-25)27-17-28(18-27)38(45)42-15-6-7-16-42/h8-10,19-21,24-25,27-28,30H,5-7,11-18,22-23H2,1-4H3/t24-,27?,28?,30+/m1/s1. The first-order chi connectivity index (χ1) is 22.8. The molecule has 4 aromatic rings. The van der Waals surface area contributed by atoms with Crippen molar-refractivity contribution in [3.05, 3.63) is 47.5 Å². The molecule has 47 heavy (non-hydrogen) atoms. The van der Waals surface area contributed by atoms with Crippen molar-refractivity contribution in [2.45, 2.75) is 90.1 Å². The number of ether oxygens (including phenoxy) is 1. The van der Waals surface area contributed by atoms with Crippen LogP contribution in [0.4, 0.5) is 0 Å². The lowest BCUT2D eigenvalue weighted by molar-refractivity contribution is -0.137. The van der Waals surface area contributed by atoms with Gasteiger partial charge in [-0.05, 0) is 99.3 Å². The maximum Gasteiger partial charge on any atom is 0.254 e. The third kappa shape index (κ3) is 5.32. The van der Waals surface area contributed by atoms with Crippen molar-refractivity contribution in [1.82, 2.24) is 23.9 Å². The summed E-state index contributed by atoms with van der Waals surface area (Å²) in [5.41, 5.74) is 6.11. The van der Waals surface area contributed by atoms with E-state index in [1.807, 2.05) is 12.1 Å². The maximum absolute atomic E-state index is 14.0. The minimum Gasteiger partial charge on any atom is -0.494 e. The number of methoxy groups -OCH3 is 1. The molecule has 2 aromatic carbocycles. The number of aromatic nitrogens is 3. The topological polar surface area (TPSA) is 72.6 Å². The Morgan fingerprint density at radius 1 is 1.00 bits per heavy atom. The number of para-hydroxylation sites is 1. The van der Waals surface area contributed by atoms with E-state index in [1.54, 1.807) is 7.11 Å². The molecule has 4 fully saturated rings. The fraction of sp³-hybridized carbons (Fsp3) is 0.564. The summed E-state index contributed by atoms with van der Waals surface area (Å²) < 4.78 is 10.6. The number of nitrogens with zero attached hydrogens (tertiary/aromatic N) is 5. The first-order valence-electron chi connectivity index (χ1n) is 18.1. The third-order valence-electron chi connectivity index (χ3n) is 11.7. The van der Waals surface area contributed by atoms with Gasteiger partial charge in [0.05, 0.1) is 23.8 Å². The average Bonchev–Trinajstić information content (AvgIpc) is 3.41. The largest absolute Gasteiger partial charge is 0.494 e. The summed E-state index contributed by atoms with van der Waals surface area (Å²) in [7, 11) is 3.75. The Morgan fingerprint density at radius 2 is 1.79 bits per heavy atom. The van der Waals surface area contributed by atoms with Crippen LogP contribution in [-0.2, 0) is 18.4 Å². The molecule has 2 aliphatic heterocycles. The van der Waals surface area contributed by atoms with E-state index in [9.17, 15) is 9.59 Å². The lowest BCUT2D eigenvalue weighted by Gasteiger charge is -2.38. The van der Waals surface area contributed by atoms with Gasteiger partial charge in [0.1, 0.15) is 11.3 Å². The lowest BCUT2D eigenvalue weighted by Crippen LogP contribution is -2.46. The SMILES string of the molecule is CC[C@H]1CC[C@@H](C)CN1C(=O)c1cc(OC)c2c(c1)nc(-c1cc3cccc(C4CC(C(=O)N5CCCC5)C4)c3n1CC1CC1)n2C. The predicted octanol–water partition coefficient (Wildman–Crippen LogP) is 7.38. The van der Waals surface area contributed by atoms with Gasteiger partial charge in [-0.3, -0.25) is 9.59 Å². The molecule has 4 heterocycles. The van der Waals surface area contributed by atoms with Gasteiger partial charge in [0.25, 0.3) is 5.91 Å². The number of carbonyl (C=O) groups excluding carboxylic acids is 2. The molecule has 0 unspecified atom stereocenters. The van der Waals surface area contributed by atoms with Crippen LogP contribution in [0.5, 0.6) is 5.75 Å². The van der Waals surface area contributed by atoms with Crippen molar-refractivity contribution >= 4 is 33.8 Å². The molecule has 2 saturated heterocycles. The fourth-order valence-corrected chi connectivity index (χ4v) is 8.75. The number of likely N-dealkylation sites (tertiary alicyclic amines) is 2. The molecule has 8 nitrogen and oxygen atoms in total. The molecule has 8 rings (SSSR count). The molecule has 4 aliphatic rings. The number of aryl methyl sites for hydroxylation is 1. The number of rotatable bonds is 8. The van der Waals surface area contributed by atoms with E-state index < -0.39 is 0 Å². The molecule has 248 valence electrons. The van der Waals surface area contributed by atoms with Gasteiger partial charge in [-0.25, -0.2) is 4.98 Å². The number of carbonyl (C=O) groups is 2. The first-order valence-corrected chi connectivity index (χ1v) is 18.1. The van der Waals surface area contributed by atoms with Crippen LogP contribution in [0.2, 0.25) is 0 Å². The van der Waals surface area contributed by atoms with E-state index in [4.69, 9.17) is 9.72 Å². The van der Waals surface area contributed by atoms with E-state index in [1.165, 1.54) is 35.7 Å². The Hall–Kier alpha value is -3.81. The van der Waals surface area contributed by atoms with Crippen molar-refractivity contribution in [2.24, 2.45) is 24.8 Å². The normalized spacial score (nSPS) is 24.7. The van der Waals surface area contributed by atoms with Gasteiger partial charge in [0.15, 0.2) is 5.82 Å². The molecular weight excluding hydrogens is 586 g/mol. The summed E-state index contributed by atoms with van der Waals surface area (Å²) in [5, 5.41) is 1.23. The first kappa shape index (κ1) is 30.5. The number of hydrogen-bond acceptors (Lipinski definition) is 4. The summed E-state index contributed by atoms with van der Waals surface area (Å²) >= 11 is 0. The van der Waals surface area contributed by atoms with Gasteiger partial charge < -0.3 is 23.7 Å². The molecule has 2 aromatic heterocycles. The Labute approximate surface area is 278 Å². The average molecular weight is 636 g/mol. The predicted molar refractivity (Wildman–Crippen MR) is 186 cm³/mol. The number of hydrogen-bond donors (Lipinski definition) is 0. The lowest BCUT2D eigenvalue weighted by atomic mass is 9.70. The van der Waals surface area contributed by atoms with Gasteiger partial charge in [-0.15, -0.1) is 0 Å². The van der Waals surface area contributed by atoms with Gasteiger partial charge in [0, 0.05) is 56.1 Å². The zero-order valence-electron chi connectivity index (χ0n) is 28.5. The molecule has 0 spiro atoms. The molecule has 2 atom stereocenters. The second kappa shape index (κ2) is 12.0. The van der Waals surface area contributed by atoms with Gasteiger partial charge in [0.2, 0.25) is 5.91 Å². The summed E-state index contributed by atoms with van der Waals surface area (Å²) in [6, 6.07) is 13.2. The smallest absolute Gasteiger partial charge is 0.254 e. The van der Waals surface area contributed by atoms with Crippen molar-refractivity contribution in [2.75, 3.05) is 26.7 Å². The number of benzene rings is 2. The minimum absolute atomic E-state index is 0.0744. The minimum atomic E-state index is 0.0744. The molecular formula is C39H49N5O3. The van der Waals surface area contributed by atoms with Crippen molar-refractivity contribution in [3.63, 3.8) is 0 Å². The van der Waals surface area contributed by atoms with E-state index in [0.29, 0.717) is 35.0 Å². The number of fused-ring (bicyclic) bond motifs is 2. The van der Waals surface area contributed by atoms with Crippen LogP contribution in [0.1, 0.15) is 93.5 Å². The monoisotopic (exact) mass is 635 g/mol. The number of imidazole rings is 1. The van der Waals surface area contributed by atoms with Crippen molar-refractivity contribution in [1.29, 1.82) is 0 Å². The highest BCUT2D eigenvalue weighted by molar-refractivity contribution is 6.00. The summed E-state index contributed by atoms with van der Waals surface area (Å²) in [5.74, 6) is 3.74. The Balaban J connectivity index is 1.17. The van der Waals surface area contributed by atoms with Crippen LogP contribution in [0.25, 0.3) is 33.5 Å². The second-order valence-electron chi connectivity index (χ2n) is 15.0. The molecule has 2 amide bonds. The zero-order chi connectivity index (χ0) is 32.4. The van der Waals surface area contributed by atoms with Crippen molar-refractivity contribution < 1.29 is 14.3 Å². The van der Waals surface area contributed by atoms with Crippen LogP contribution in [0.3, 0.4) is 0 Å². The summed E-state index contributed by atoms with van der Waals surface area (Å²) in [6.07, 6.45) is 9.86. The fourth-order valence-electron chi connectivity index (χ4n) is 8.75. The van der Waals surface area contributed by atoms with Crippen LogP contribution in [0.15, 0.2) is 36.4 Å². The molecule has 2 aliphatic carbocycles. The molecule has 0 N–H and O–H groups in total. The van der Waals surface area contributed by atoms with Crippen LogP contribution in [0, 0.1) is 17.8 Å². The highest BCUT2D eigenvalue weighted by Crippen LogP contribution is 2.47. The number of piperidine rings is 1. The number of amides is 2. The third-order valence-corrected chi connectivity index (χ3v) is 11.7. The Bertz CT molecular complexity index is 1840. The summed E-state index contributed by atoms with van der Waals surface area (Å²) in [4.78, 5) is 36.5. The zero-order valence-corrected chi connectivity index (χ0v) is 28.5. The Morgan fingerprint density at radius 3 is 2.51 bits per heavy atom. The van der Waals surface area contributed by atoms with Crippen LogP contribution >= 0.6 is 0 Å². The van der Waals surface area contributed by atoms with Gasteiger partial charge in [-0.1, -0.05) is 32.0 Å². The highest BCUT2D eigenvalue weighted by Gasteiger charge is 2.40. The molecule has 0 bridgehead atoms. The van der Waals surface area contributed by atoms with Crippen LogP contribution < -0.4 is 4.74 Å². The van der Waals surface area contributed by atoms with E-state index in [0.717, 1.165) is 87.3 Å².